The molecule has 0 aliphatic carbocycles. The molecule has 0 unspecified atom stereocenters. The summed E-state index contributed by atoms with van der Waals surface area (Å²) in [4.78, 5) is 33.5. The molecule has 0 bridgehead atoms. The first-order valence-corrected chi connectivity index (χ1v) is 6.71. The molecule has 7 heteroatoms. The van der Waals surface area contributed by atoms with E-state index in [9.17, 15) is 19.7 Å². The maximum Gasteiger partial charge on any atom is 0.308 e. The maximum atomic E-state index is 12.1. The molecule has 0 aromatic heterocycles. The van der Waals surface area contributed by atoms with Gasteiger partial charge in [0.1, 0.15) is 11.4 Å². The predicted molar refractivity (Wildman–Crippen MR) is 83.5 cm³/mol. The molecule has 0 fully saturated rings. The van der Waals surface area contributed by atoms with Crippen LogP contribution in [0.15, 0.2) is 42.5 Å². The summed E-state index contributed by atoms with van der Waals surface area (Å²) in [6.45, 7) is 3.08. The van der Waals surface area contributed by atoms with Crippen LogP contribution in [-0.2, 0) is 4.79 Å². The van der Waals surface area contributed by atoms with Crippen molar-refractivity contribution in [2.75, 3.05) is 5.32 Å². The molecule has 0 aliphatic rings. The van der Waals surface area contributed by atoms with Gasteiger partial charge in [0, 0.05) is 12.5 Å². The number of aryl methyl sites for hydroxylation is 1. The van der Waals surface area contributed by atoms with Crippen LogP contribution in [0.1, 0.15) is 22.8 Å². The first-order valence-electron chi connectivity index (χ1n) is 6.71. The van der Waals surface area contributed by atoms with Crippen molar-refractivity contribution in [3.63, 3.8) is 0 Å². The maximum absolute atomic E-state index is 12.1. The third-order valence-corrected chi connectivity index (χ3v) is 2.99. The molecule has 2 aromatic rings. The highest BCUT2D eigenvalue weighted by molar-refractivity contribution is 6.05. The molecule has 0 saturated carbocycles. The SMILES string of the molecule is CC(=O)Oc1ccc(NC(=O)c2ccc(C)cc2)c([N+](=O)[O-])c1. The fraction of sp³-hybridized carbons (Fsp3) is 0.125. The highest BCUT2D eigenvalue weighted by Gasteiger charge is 2.18. The lowest BCUT2D eigenvalue weighted by atomic mass is 10.1. The zero-order valence-electron chi connectivity index (χ0n) is 12.5. The van der Waals surface area contributed by atoms with E-state index in [1.165, 1.54) is 19.1 Å². The van der Waals surface area contributed by atoms with Crippen LogP contribution in [0.5, 0.6) is 5.75 Å². The lowest BCUT2D eigenvalue weighted by Crippen LogP contribution is -2.13. The number of amides is 1. The molecule has 0 saturated heterocycles. The van der Waals surface area contributed by atoms with E-state index in [-0.39, 0.29) is 17.1 Å². The van der Waals surface area contributed by atoms with Crippen molar-refractivity contribution in [3.05, 3.63) is 63.7 Å². The van der Waals surface area contributed by atoms with E-state index < -0.39 is 16.8 Å². The van der Waals surface area contributed by atoms with Gasteiger partial charge in [-0.25, -0.2) is 0 Å². The second-order valence-electron chi connectivity index (χ2n) is 4.85. The van der Waals surface area contributed by atoms with Gasteiger partial charge in [0.25, 0.3) is 11.6 Å². The van der Waals surface area contributed by atoms with Gasteiger partial charge in [-0.2, -0.15) is 0 Å². The van der Waals surface area contributed by atoms with Crippen molar-refractivity contribution >= 4 is 23.3 Å². The van der Waals surface area contributed by atoms with Crippen LogP contribution < -0.4 is 10.1 Å². The van der Waals surface area contributed by atoms with E-state index in [0.29, 0.717) is 5.56 Å². The number of ether oxygens (including phenoxy) is 1. The summed E-state index contributed by atoms with van der Waals surface area (Å²) in [6, 6.07) is 10.6. The van der Waals surface area contributed by atoms with Gasteiger partial charge in [-0.05, 0) is 31.2 Å². The van der Waals surface area contributed by atoms with Crippen LogP contribution in [0.25, 0.3) is 0 Å². The number of benzene rings is 2. The second kappa shape index (κ2) is 6.69. The van der Waals surface area contributed by atoms with Crippen molar-refractivity contribution in [1.29, 1.82) is 0 Å². The first kappa shape index (κ1) is 16.2. The quantitative estimate of drug-likeness (QED) is 0.404. The van der Waals surface area contributed by atoms with E-state index in [1.807, 2.05) is 6.92 Å². The predicted octanol–water partition coefficient (Wildman–Crippen LogP) is 3.08. The highest BCUT2D eigenvalue weighted by Crippen LogP contribution is 2.29. The Labute approximate surface area is 132 Å². The van der Waals surface area contributed by atoms with Crippen molar-refractivity contribution in [2.45, 2.75) is 13.8 Å². The molecule has 1 N–H and O–H groups in total. The summed E-state index contributed by atoms with van der Waals surface area (Å²) in [5.41, 5.74) is 1.05. The second-order valence-corrected chi connectivity index (χ2v) is 4.85. The van der Waals surface area contributed by atoms with Gasteiger partial charge < -0.3 is 10.1 Å². The molecule has 2 aromatic carbocycles. The first-order chi connectivity index (χ1) is 10.9. The molecule has 0 atom stereocenters. The van der Waals surface area contributed by atoms with Crippen molar-refractivity contribution in [1.82, 2.24) is 0 Å². The summed E-state index contributed by atoms with van der Waals surface area (Å²) in [6.07, 6.45) is 0. The highest BCUT2D eigenvalue weighted by atomic mass is 16.6. The van der Waals surface area contributed by atoms with Gasteiger partial charge >= 0.3 is 5.97 Å². The molecule has 1 amide bonds. The van der Waals surface area contributed by atoms with Gasteiger partial charge in [-0.15, -0.1) is 0 Å². The van der Waals surface area contributed by atoms with Gasteiger partial charge in [-0.1, -0.05) is 17.7 Å². The lowest BCUT2D eigenvalue weighted by Gasteiger charge is -2.08. The zero-order valence-corrected chi connectivity index (χ0v) is 12.5. The molecule has 0 spiro atoms. The van der Waals surface area contributed by atoms with E-state index >= 15 is 0 Å². The van der Waals surface area contributed by atoms with Crippen LogP contribution in [0.2, 0.25) is 0 Å². The summed E-state index contributed by atoms with van der Waals surface area (Å²) in [5.74, 6) is -1.01. The Morgan fingerprint density at radius 3 is 2.35 bits per heavy atom. The average molecular weight is 314 g/mol. The van der Waals surface area contributed by atoms with Crippen molar-refractivity contribution in [2.24, 2.45) is 0 Å². The molecule has 0 aliphatic heterocycles. The minimum Gasteiger partial charge on any atom is -0.426 e. The molecule has 2 rings (SSSR count). The smallest absolute Gasteiger partial charge is 0.308 e. The molecule has 118 valence electrons. The Morgan fingerprint density at radius 2 is 1.78 bits per heavy atom. The number of nitro benzene ring substituents is 1. The number of anilines is 1. The average Bonchev–Trinajstić information content (AvgIpc) is 2.48. The summed E-state index contributed by atoms with van der Waals surface area (Å²) >= 11 is 0. The monoisotopic (exact) mass is 314 g/mol. The molecule has 7 nitrogen and oxygen atoms in total. The van der Waals surface area contributed by atoms with Gasteiger partial charge in [0.05, 0.1) is 11.0 Å². The van der Waals surface area contributed by atoms with E-state index in [2.05, 4.69) is 5.32 Å². The van der Waals surface area contributed by atoms with Crippen LogP contribution in [0.3, 0.4) is 0 Å². The Morgan fingerprint density at radius 1 is 1.13 bits per heavy atom. The van der Waals surface area contributed by atoms with Crippen LogP contribution in [0, 0.1) is 17.0 Å². The van der Waals surface area contributed by atoms with Crippen LogP contribution in [0.4, 0.5) is 11.4 Å². The van der Waals surface area contributed by atoms with E-state index in [0.717, 1.165) is 11.6 Å². The largest absolute Gasteiger partial charge is 0.426 e. The van der Waals surface area contributed by atoms with Gasteiger partial charge in [-0.3, -0.25) is 19.7 Å². The standard InChI is InChI=1S/C16H14N2O5/c1-10-3-5-12(6-4-10)16(20)17-14-8-7-13(23-11(2)19)9-15(14)18(21)22/h3-9H,1-2H3,(H,17,20). The number of nitro groups is 1. The fourth-order valence-corrected chi connectivity index (χ4v) is 1.90. The topological polar surface area (TPSA) is 98.5 Å². The summed E-state index contributed by atoms with van der Waals surface area (Å²) < 4.78 is 4.81. The number of hydrogen-bond acceptors (Lipinski definition) is 5. The van der Waals surface area contributed by atoms with Gasteiger partial charge in [0.15, 0.2) is 0 Å². The molecular weight excluding hydrogens is 300 g/mol. The summed E-state index contributed by atoms with van der Waals surface area (Å²) in [7, 11) is 0. The Kier molecular flexibility index (Phi) is 4.70. The normalized spacial score (nSPS) is 10.0. The number of carbonyl (C=O) groups is 2. The molecular formula is C16H14N2O5. The van der Waals surface area contributed by atoms with Crippen molar-refractivity contribution in [3.8, 4) is 5.75 Å². The number of esters is 1. The third kappa shape index (κ3) is 4.13. The van der Waals surface area contributed by atoms with Crippen molar-refractivity contribution < 1.29 is 19.2 Å². The van der Waals surface area contributed by atoms with Crippen LogP contribution in [-0.4, -0.2) is 16.8 Å². The lowest BCUT2D eigenvalue weighted by molar-refractivity contribution is -0.384. The zero-order chi connectivity index (χ0) is 17.0. The Bertz CT molecular complexity index is 769. The molecule has 0 radical (unpaired) electrons. The number of rotatable bonds is 4. The van der Waals surface area contributed by atoms with Crippen LogP contribution >= 0.6 is 0 Å². The molecule has 23 heavy (non-hydrogen) atoms. The number of carbonyl (C=O) groups excluding carboxylic acids is 2. The summed E-state index contributed by atoms with van der Waals surface area (Å²) in [5, 5.41) is 13.6. The Hall–Kier alpha value is -3.22. The fourth-order valence-electron chi connectivity index (χ4n) is 1.90. The van der Waals surface area contributed by atoms with E-state index in [1.54, 1.807) is 24.3 Å². The number of nitrogens with zero attached hydrogens (tertiary/aromatic N) is 1. The number of nitrogens with one attached hydrogen (secondary N) is 1. The van der Waals surface area contributed by atoms with E-state index in [4.69, 9.17) is 4.74 Å². The number of hydrogen-bond donors (Lipinski definition) is 1. The third-order valence-electron chi connectivity index (χ3n) is 2.99. The minimum atomic E-state index is -0.655. The Balaban J connectivity index is 2.28. The minimum absolute atomic E-state index is 0.0245. The molecule has 0 heterocycles. The van der Waals surface area contributed by atoms with Gasteiger partial charge in [0.2, 0.25) is 0 Å².